The van der Waals surface area contributed by atoms with E-state index in [0.717, 1.165) is 24.2 Å². The van der Waals surface area contributed by atoms with Crippen molar-refractivity contribution in [2.24, 2.45) is 5.92 Å². The summed E-state index contributed by atoms with van der Waals surface area (Å²) in [5, 5.41) is 6.03. The number of nitrogens with zero attached hydrogens (tertiary/aromatic N) is 1. The van der Waals surface area contributed by atoms with E-state index in [1.54, 1.807) is 11.8 Å². The number of hydrogen-bond donors (Lipinski definition) is 2. The van der Waals surface area contributed by atoms with E-state index in [9.17, 15) is 9.59 Å². The molecule has 1 aliphatic carbocycles. The lowest BCUT2D eigenvalue weighted by atomic mass is 9.95. The van der Waals surface area contributed by atoms with Crippen LogP contribution in [0.3, 0.4) is 0 Å². The molecule has 1 atom stereocenters. The maximum absolute atomic E-state index is 12.5. The number of carbonyl (C=O) groups excluding carboxylic acids is 1. The Morgan fingerprint density at radius 2 is 1.90 bits per heavy atom. The van der Waals surface area contributed by atoms with Crippen LogP contribution in [0.5, 0.6) is 0 Å². The van der Waals surface area contributed by atoms with E-state index in [-0.39, 0.29) is 16.7 Å². The van der Waals surface area contributed by atoms with Gasteiger partial charge in [0.2, 0.25) is 5.91 Å². The Bertz CT molecular complexity index is 584. The number of fused-ring (bicyclic) bond motifs is 1. The number of amides is 1. The summed E-state index contributed by atoms with van der Waals surface area (Å²) < 4.78 is 1.94. The Labute approximate surface area is 128 Å². The van der Waals surface area contributed by atoms with Crippen LogP contribution in [0.1, 0.15) is 62.8 Å². The topological polar surface area (TPSA) is 66.9 Å². The lowest BCUT2D eigenvalue weighted by Crippen LogP contribution is -2.21. The molecule has 116 valence electrons. The molecule has 21 heavy (non-hydrogen) atoms. The Balaban J connectivity index is 2.06. The van der Waals surface area contributed by atoms with E-state index in [0.29, 0.717) is 17.7 Å². The standard InChI is InChI=1S/C15H23N3O2S/c1-9(2)13-12-14(16-11(19)8-21-13)18(17-15(12)20)10-6-4-3-5-7-10/h9-10,13H,3-8H2,1-2H3,(H,16,19)(H,17,20). The molecule has 0 saturated heterocycles. The number of nitrogens with one attached hydrogen (secondary N) is 2. The first kappa shape index (κ1) is 14.8. The second kappa shape index (κ2) is 5.91. The molecule has 3 rings (SSSR count). The van der Waals surface area contributed by atoms with Gasteiger partial charge in [0.25, 0.3) is 5.56 Å². The number of aromatic amines is 1. The molecule has 1 aliphatic heterocycles. The molecular weight excluding hydrogens is 286 g/mol. The summed E-state index contributed by atoms with van der Waals surface area (Å²) in [6.07, 6.45) is 5.80. The highest BCUT2D eigenvalue weighted by atomic mass is 32.2. The maximum atomic E-state index is 12.5. The maximum Gasteiger partial charge on any atom is 0.270 e. The number of aromatic nitrogens is 2. The molecule has 2 heterocycles. The average Bonchev–Trinajstić information content (AvgIpc) is 2.67. The minimum absolute atomic E-state index is 0.00652. The Morgan fingerprint density at radius 1 is 1.19 bits per heavy atom. The fourth-order valence-corrected chi connectivity index (χ4v) is 4.58. The number of carbonyl (C=O) groups is 1. The van der Waals surface area contributed by atoms with Crippen molar-refractivity contribution in [1.82, 2.24) is 9.78 Å². The quantitative estimate of drug-likeness (QED) is 0.882. The molecule has 0 aromatic carbocycles. The van der Waals surface area contributed by atoms with Gasteiger partial charge in [0.05, 0.1) is 17.4 Å². The fourth-order valence-electron chi connectivity index (χ4n) is 3.41. The van der Waals surface area contributed by atoms with Crippen molar-refractivity contribution >= 4 is 23.5 Å². The van der Waals surface area contributed by atoms with Gasteiger partial charge in [-0.05, 0) is 18.8 Å². The van der Waals surface area contributed by atoms with Crippen molar-refractivity contribution in [1.29, 1.82) is 0 Å². The largest absolute Gasteiger partial charge is 0.310 e. The molecule has 1 amide bonds. The summed E-state index contributed by atoms with van der Waals surface area (Å²) in [7, 11) is 0. The van der Waals surface area contributed by atoms with Crippen LogP contribution >= 0.6 is 11.8 Å². The predicted octanol–water partition coefficient (Wildman–Crippen LogP) is 3.06. The number of hydrogen-bond acceptors (Lipinski definition) is 3. The molecular formula is C15H23N3O2S. The van der Waals surface area contributed by atoms with Crippen LogP contribution in [-0.4, -0.2) is 21.4 Å². The zero-order valence-electron chi connectivity index (χ0n) is 12.6. The molecule has 0 radical (unpaired) electrons. The van der Waals surface area contributed by atoms with Crippen LogP contribution in [0.2, 0.25) is 0 Å². The number of H-pyrrole nitrogens is 1. The van der Waals surface area contributed by atoms with Crippen LogP contribution in [0.25, 0.3) is 0 Å². The zero-order chi connectivity index (χ0) is 15.0. The minimum atomic E-state index is -0.0380. The van der Waals surface area contributed by atoms with Gasteiger partial charge in [-0.1, -0.05) is 33.1 Å². The first-order valence-electron chi connectivity index (χ1n) is 7.83. The second-order valence-electron chi connectivity index (χ2n) is 6.39. The van der Waals surface area contributed by atoms with E-state index in [4.69, 9.17) is 0 Å². The third-order valence-electron chi connectivity index (χ3n) is 4.44. The van der Waals surface area contributed by atoms with Crippen LogP contribution in [-0.2, 0) is 4.79 Å². The summed E-state index contributed by atoms with van der Waals surface area (Å²) in [5.41, 5.74) is 0.718. The van der Waals surface area contributed by atoms with Crippen molar-refractivity contribution in [2.75, 3.05) is 11.1 Å². The van der Waals surface area contributed by atoms with E-state index in [1.807, 2.05) is 4.68 Å². The second-order valence-corrected chi connectivity index (χ2v) is 7.52. The molecule has 0 bridgehead atoms. The highest BCUT2D eigenvalue weighted by molar-refractivity contribution is 8.00. The molecule has 2 N–H and O–H groups in total. The van der Waals surface area contributed by atoms with E-state index in [1.165, 1.54) is 19.3 Å². The Hall–Kier alpha value is -1.17. The van der Waals surface area contributed by atoms with Gasteiger partial charge >= 0.3 is 0 Å². The van der Waals surface area contributed by atoms with Crippen LogP contribution in [0, 0.1) is 5.92 Å². The highest BCUT2D eigenvalue weighted by Crippen LogP contribution is 2.41. The summed E-state index contributed by atoms with van der Waals surface area (Å²) in [6.45, 7) is 4.21. The molecule has 5 nitrogen and oxygen atoms in total. The van der Waals surface area contributed by atoms with Gasteiger partial charge in [0.1, 0.15) is 5.82 Å². The van der Waals surface area contributed by atoms with E-state index < -0.39 is 0 Å². The smallest absolute Gasteiger partial charge is 0.270 e. The zero-order valence-corrected chi connectivity index (χ0v) is 13.5. The van der Waals surface area contributed by atoms with Gasteiger partial charge in [-0.15, -0.1) is 11.8 Å². The molecule has 1 aromatic heterocycles. The van der Waals surface area contributed by atoms with Gasteiger partial charge in [-0.25, -0.2) is 0 Å². The summed E-state index contributed by atoms with van der Waals surface area (Å²) >= 11 is 1.57. The van der Waals surface area contributed by atoms with Gasteiger partial charge in [-0.2, -0.15) is 0 Å². The molecule has 6 heteroatoms. The van der Waals surface area contributed by atoms with Crippen molar-refractivity contribution < 1.29 is 4.79 Å². The van der Waals surface area contributed by atoms with Crippen molar-refractivity contribution in [3.05, 3.63) is 15.9 Å². The summed E-state index contributed by atoms with van der Waals surface area (Å²) in [4.78, 5) is 24.5. The molecule has 1 saturated carbocycles. The third-order valence-corrected chi connectivity index (χ3v) is 6.01. The first-order valence-corrected chi connectivity index (χ1v) is 8.88. The van der Waals surface area contributed by atoms with Crippen molar-refractivity contribution in [3.63, 3.8) is 0 Å². The number of anilines is 1. The monoisotopic (exact) mass is 309 g/mol. The summed E-state index contributed by atoms with van der Waals surface area (Å²) in [5.74, 6) is 1.46. The molecule has 1 fully saturated rings. The lowest BCUT2D eigenvalue weighted by molar-refractivity contribution is -0.113. The molecule has 1 aromatic rings. The van der Waals surface area contributed by atoms with Crippen LogP contribution in [0.4, 0.5) is 5.82 Å². The predicted molar refractivity (Wildman–Crippen MR) is 85.8 cm³/mol. The highest BCUT2D eigenvalue weighted by Gasteiger charge is 2.32. The van der Waals surface area contributed by atoms with Gasteiger partial charge in [0, 0.05) is 5.25 Å². The molecule has 1 unspecified atom stereocenters. The average molecular weight is 309 g/mol. The molecule has 2 aliphatic rings. The SMILES string of the molecule is CC(C)C1SCC(=O)Nc2c1c(=O)[nH]n2C1CCCCC1. The number of rotatable bonds is 2. The third kappa shape index (κ3) is 2.78. The van der Waals surface area contributed by atoms with Gasteiger partial charge < -0.3 is 5.32 Å². The lowest BCUT2D eigenvalue weighted by Gasteiger charge is -2.25. The van der Waals surface area contributed by atoms with Crippen LogP contribution in [0.15, 0.2) is 4.79 Å². The van der Waals surface area contributed by atoms with Crippen molar-refractivity contribution in [3.8, 4) is 0 Å². The van der Waals surface area contributed by atoms with Crippen LogP contribution < -0.4 is 10.9 Å². The molecule has 0 spiro atoms. The Kier molecular flexibility index (Phi) is 4.15. The normalized spacial score (nSPS) is 23.8. The van der Waals surface area contributed by atoms with Crippen molar-refractivity contribution in [2.45, 2.75) is 57.2 Å². The minimum Gasteiger partial charge on any atom is -0.310 e. The van der Waals surface area contributed by atoms with E-state index in [2.05, 4.69) is 24.3 Å². The summed E-state index contributed by atoms with van der Waals surface area (Å²) in [6, 6.07) is 0.311. The van der Waals surface area contributed by atoms with Gasteiger partial charge in [0.15, 0.2) is 0 Å². The Morgan fingerprint density at radius 3 is 2.57 bits per heavy atom. The number of thioether (sulfide) groups is 1. The van der Waals surface area contributed by atoms with E-state index >= 15 is 0 Å². The van der Waals surface area contributed by atoms with Gasteiger partial charge in [-0.3, -0.25) is 19.4 Å². The fraction of sp³-hybridized carbons (Fsp3) is 0.733. The first-order chi connectivity index (χ1) is 10.1.